The second-order valence-electron chi connectivity index (χ2n) is 6.56. The first-order valence-corrected chi connectivity index (χ1v) is 11.0. The lowest BCUT2D eigenvalue weighted by Gasteiger charge is -2.27. The number of anilines is 2. The highest BCUT2D eigenvalue weighted by Gasteiger charge is 2.34. The molecule has 4 N–H and O–H groups in total. The highest BCUT2D eigenvalue weighted by atomic mass is 35.6. The van der Waals surface area contributed by atoms with Crippen molar-refractivity contribution in [3.63, 3.8) is 0 Å². The number of halogens is 3. The number of nitrogens with one attached hydrogen (secondary N) is 4. The molecule has 1 rings (SSSR count). The molecular formula is C19H27Cl3N4O2S. The van der Waals surface area contributed by atoms with Crippen LogP contribution in [0.1, 0.15) is 52.4 Å². The second-order valence-corrected chi connectivity index (χ2v) is 9.34. The number of hydrogen-bond donors (Lipinski definition) is 4. The van der Waals surface area contributed by atoms with E-state index in [-0.39, 0.29) is 16.9 Å². The predicted octanol–water partition coefficient (Wildman–Crippen LogP) is 5.10. The van der Waals surface area contributed by atoms with E-state index >= 15 is 0 Å². The molecule has 0 aliphatic rings. The third kappa shape index (κ3) is 11.5. The van der Waals surface area contributed by atoms with Crippen LogP contribution in [0.4, 0.5) is 11.4 Å². The fourth-order valence-electron chi connectivity index (χ4n) is 2.46. The van der Waals surface area contributed by atoms with Gasteiger partial charge in [-0.1, -0.05) is 67.4 Å². The van der Waals surface area contributed by atoms with Crippen molar-refractivity contribution >= 4 is 75.3 Å². The van der Waals surface area contributed by atoms with Gasteiger partial charge in [-0.3, -0.25) is 9.59 Å². The van der Waals surface area contributed by atoms with Crippen LogP contribution in [0.5, 0.6) is 0 Å². The van der Waals surface area contributed by atoms with Crippen LogP contribution in [-0.2, 0) is 9.59 Å². The average Bonchev–Trinajstić information content (AvgIpc) is 2.61. The van der Waals surface area contributed by atoms with Gasteiger partial charge in [0.25, 0.3) is 0 Å². The lowest BCUT2D eigenvalue weighted by molar-refractivity contribution is -0.122. The Hall–Kier alpha value is -1.28. The number of hydrogen-bond acceptors (Lipinski definition) is 3. The zero-order chi connectivity index (χ0) is 21.9. The Labute approximate surface area is 192 Å². The maximum Gasteiger partial charge on any atom is 0.228 e. The number of unbranched alkanes of at least 4 members (excludes halogenated alkanes) is 4. The van der Waals surface area contributed by atoms with Crippen LogP contribution in [0.2, 0.25) is 0 Å². The standard InChI is InChI=1S/C19H27Cl3N4O2S/c1-3-4-5-6-7-8-16(28)25-17(19(20,21)22)26-18(29)24-15-11-9-14(10-12-15)23-13(2)27/h9-12,17H,3-8H2,1-2H3,(H,23,27)(H,25,28)(H2,24,26,29). The highest BCUT2D eigenvalue weighted by molar-refractivity contribution is 7.80. The zero-order valence-corrected chi connectivity index (χ0v) is 19.6. The molecule has 0 spiro atoms. The molecule has 0 heterocycles. The summed E-state index contributed by atoms with van der Waals surface area (Å²) in [7, 11) is 0. The van der Waals surface area contributed by atoms with Gasteiger partial charge in [0.2, 0.25) is 15.6 Å². The quantitative estimate of drug-likeness (QED) is 0.162. The van der Waals surface area contributed by atoms with E-state index in [4.69, 9.17) is 47.0 Å². The number of alkyl halides is 3. The Kier molecular flexibility index (Phi) is 11.6. The van der Waals surface area contributed by atoms with Crippen LogP contribution in [0.3, 0.4) is 0 Å². The van der Waals surface area contributed by atoms with E-state index in [2.05, 4.69) is 28.2 Å². The molecule has 0 saturated heterocycles. The minimum absolute atomic E-state index is 0.158. The number of benzene rings is 1. The van der Waals surface area contributed by atoms with Gasteiger partial charge in [0.1, 0.15) is 6.17 Å². The number of thiocarbonyl (C=S) groups is 1. The van der Waals surface area contributed by atoms with Crippen LogP contribution < -0.4 is 21.3 Å². The van der Waals surface area contributed by atoms with Crippen LogP contribution in [0, 0.1) is 0 Å². The molecule has 0 bridgehead atoms. The first-order chi connectivity index (χ1) is 13.6. The molecule has 0 fully saturated rings. The molecule has 0 radical (unpaired) electrons. The maximum absolute atomic E-state index is 12.2. The predicted molar refractivity (Wildman–Crippen MR) is 126 cm³/mol. The van der Waals surface area contributed by atoms with E-state index < -0.39 is 9.96 Å². The minimum atomic E-state index is -1.79. The Morgan fingerprint density at radius 3 is 2.03 bits per heavy atom. The van der Waals surface area contributed by atoms with E-state index in [1.165, 1.54) is 6.92 Å². The van der Waals surface area contributed by atoms with Crippen LogP contribution in [-0.4, -0.2) is 26.9 Å². The van der Waals surface area contributed by atoms with E-state index in [9.17, 15) is 9.59 Å². The van der Waals surface area contributed by atoms with Gasteiger partial charge in [-0.25, -0.2) is 0 Å². The average molecular weight is 482 g/mol. The summed E-state index contributed by atoms with van der Waals surface area (Å²) < 4.78 is -1.79. The highest BCUT2D eigenvalue weighted by Crippen LogP contribution is 2.29. The molecule has 0 aromatic heterocycles. The molecule has 0 aliphatic carbocycles. The zero-order valence-electron chi connectivity index (χ0n) is 16.5. The normalized spacial score (nSPS) is 12.0. The molecule has 0 saturated carbocycles. The minimum Gasteiger partial charge on any atom is -0.339 e. The maximum atomic E-state index is 12.2. The molecule has 1 aromatic carbocycles. The van der Waals surface area contributed by atoms with Crippen LogP contribution in [0.25, 0.3) is 0 Å². The third-order valence-electron chi connectivity index (χ3n) is 3.88. The second kappa shape index (κ2) is 13.1. The van der Waals surface area contributed by atoms with Crippen molar-refractivity contribution in [3.8, 4) is 0 Å². The van der Waals surface area contributed by atoms with Gasteiger partial charge in [-0.2, -0.15) is 0 Å². The van der Waals surface area contributed by atoms with Crippen molar-refractivity contribution in [2.75, 3.05) is 10.6 Å². The summed E-state index contributed by atoms with van der Waals surface area (Å²) in [5.74, 6) is -0.373. The molecule has 1 unspecified atom stereocenters. The topological polar surface area (TPSA) is 82.3 Å². The Bertz CT molecular complexity index is 681. The van der Waals surface area contributed by atoms with Crippen molar-refractivity contribution in [1.82, 2.24) is 10.6 Å². The fourth-order valence-corrected chi connectivity index (χ4v) is 3.02. The van der Waals surface area contributed by atoms with Gasteiger partial charge in [0, 0.05) is 24.7 Å². The largest absolute Gasteiger partial charge is 0.339 e. The first-order valence-electron chi connectivity index (χ1n) is 9.43. The Balaban J connectivity index is 2.56. The summed E-state index contributed by atoms with van der Waals surface area (Å²) in [4.78, 5) is 23.2. The number of rotatable bonds is 10. The van der Waals surface area contributed by atoms with Gasteiger partial charge in [-0.05, 0) is 42.9 Å². The molecule has 2 amide bonds. The smallest absolute Gasteiger partial charge is 0.228 e. The van der Waals surface area contributed by atoms with Gasteiger partial charge in [0.05, 0.1) is 0 Å². The van der Waals surface area contributed by atoms with Gasteiger partial charge in [-0.15, -0.1) is 0 Å². The van der Waals surface area contributed by atoms with Crippen molar-refractivity contribution < 1.29 is 9.59 Å². The summed E-state index contributed by atoms with van der Waals surface area (Å²) in [5, 5.41) is 11.3. The fraction of sp³-hybridized carbons (Fsp3) is 0.526. The SMILES string of the molecule is CCCCCCCC(=O)NC(NC(=S)Nc1ccc(NC(C)=O)cc1)C(Cl)(Cl)Cl. The molecule has 1 atom stereocenters. The van der Waals surface area contributed by atoms with Gasteiger partial charge < -0.3 is 21.3 Å². The number of carbonyl (C=O) groups excluding carboxylic acids is 2. The monoisotopic (exact) mass is 480 g/mol. The first kappa shape index (κ1) is 25.8. The molecular weight excluding hydrogens is 455 g/mol. The molecule has 29 heavy (non-hydrogen) atoms. The van der Waals surface area contributed by atoms with Crippen molar-refractivity contribution in [2.45, 2.75) is 62.3 Å². The molecule has 0 aliphatic heterocycles. The van der Waals surface area contributed by atoms with Crippen molar-refractivity contribution in [1.29, 1.82) is 0 Å². The molecule has 162 valence electrons. The molecule has 6 nitrogen and oxygen atoms in total. The Morgan fingerprint density at radius 2 is 1.52 bits per heavy atom. The molecule has 1 aromatic rings. The summed E-state index contributed by atoms with van der Waals surface area (Å²) in [6.07, 6.45) is 4.54. The van der Waals surface area contributed by atoms with E-state index in [1.54, 1.807) is 24.3 Å². The summed E-state index contributed by atoms with van der Waals surface area (Å²) >= 11 is 23.2. The van der Waals surface area contributed by atoms with Gasteiger partial charge in [0.15, 0.2) is 5.11 Å². The summed E-state index contributed by atoms with van der Waals surface area (Å²) in [6, 6.07) is 6.91. The lowest BCUT2D eigenvalue weighted by Crippen LogP contribution is -2.56. The Morgan fingerprint density at radius 1 is 0.966 bits per heavy atom. The number of amides is 2. The van der Waals surface area contributed by atoms with Crippen LogP contribution in [0.15, 0.2) is 24.3 Å². The number of carbonyl (C=O) groups is 2. The summed E-state index contributed by atoms with van der Waals surface area (Å²) in [5.41, 5.74) is 1.33. The van der Waals surface area contributed by atoms with E-state index in [0.717, 1.165) is 32.1 Å². The van der Waals surface area contributed by atoms with Crippen LogP contribution >= 0.6 is 47.0 Å². The van der Waals surface area contributed by atoms with Crippen molar-refractivity contribution in [2.24, 2.45) is 0 Å². The third-order valence-corrected chi connectivity index (χ3v) is 4.75. The van der Waals surface area contributed by atoms with E-state index in [1.807, 2.05) is 0 Å². The lowest BCUT2D eigenvalue weighted by atomic mass is 10.1. The van der Waals surface area contributed by atoms with Crippen molar-refractivity contribution in [3.05, 3.63) is 24.3 Å². The summed E-state index contributed by atoms with van der Waals surface area (Å²) in [6.45, 7) is 3.57. The van der Waals surface area contributed by atoms with E-state index in [0.29, 0.717) is 17.8 Å². The molecule has 10 heteroatoms. The van der Waals surface area contributed by atoms with Gasteiger partial charge >= 0.3 is 0 Å².